The van der Waals surface area contributed by atoms with E-state index in [4.69, 9.17) is 0 Å². The zero-order valence-electron chi connectivity index (χ0n) is 41.8. The van der Waals surface area contributed by atoms with Crippen molar-refractivity contribution >= 4 is 101 Å². The summed E-state index contributed by atoms with van der Waals surface area (Å²) in [4.78, 5) is 0. The topological polar surface area (TPSA) is 9.86 Å². The van der Waals surface area contributed by atoms with E-state index in [-0.39, 0.29) is 0 Å². The Bertz CT molecular complexity index is 4350. The van der Waals surface area contributed by atoms with Gasteiger partial charge in [-0.05, 0) is 94.6 Å². The molecule has 15 rings (SSSR count). The van der Waals surface area contributed by atoms with Crippen LogP contribution in [0.15, 0.2) is 303 Å². The number of rotatable bonds is 9. The number of hydrogen-bond acceptors (Lipinski definition) is 0. The lowest BCUT2D eigenvalue weighted by molar-refractivity contribution is 1.17. The van der Waals surface area contributed by atoms with Gasteiger partial charge in [0, 0.05) is 32.8 Å². The molecular weight excluding hydrogens is 949 g/mol. The van der Waals surface area contributed by atoms with Gasteiger partial charge in [0.15, 0.2) is 16.1 Å². The zero-order valence-corrected chi connectivity index (χ0v) is 43.8. The van der Waals surface area contributed by atoms with Crippen LogP contribution in [-0.2, 0) is 0 Å². The smallest absolute Gasteiger partial charge is 0.180 e. The molecule has 0 amide bonds. The predicted octanol–water partition coefficient (Wildman–Crippen LogP) is 12.3. The molecule has 0 spiro atoms. The van der Waals surface area contributed by atoms with E-state index in [1.54, 1.807) is 0 Å². The highest BCUT2D eigenvalue weighted by atomic mass is 28.3. The van der Waals surface area contributed by atoms with Crippen LogP contribution in [0, 0.1) is 0 Å². The minimum absolute atomic E-state index is 1.13. The van der Waals surface area contributed by atoms with Gasteiger partial charge in [0.05, 0.1) is 27.8 Å². The first kappa shape index (κ1) is 44.2. The lowest BCUT2D eigenvalue weighted by atomic mass is 9.98. The van der Waals surface area contributed by atoms with Gasteiger partial charge in [-0.1, -0.05) is 267 Å². The van der Waals surface area contributed by atoms with Crippen molar-refractivity contribution in [1.82, 2.24) is 9.13 Å². The summed E-state index contributed by atoms with van der Waals surface area (Å²) in [7, 11) is -5.46. The minimum Gasteiger partial charge on any atom is -0.309 e. The van der Waals surface area contributed by atoms with E-state index in [0.717, 1.165) is 11.4 Å². The lowest BCUT2D eigenvalue weighted by Gasteiger charge is -2.34. The van der Waals surface area contributed by atoms with E-state index >= 15 is 0 Å². The van der Waals surface area contributed by atoms with Crippen LogP contribution in [0.3, 0.4) is 0 Å². The van der Waals surface area contributed by atoms with Crippen LogP contribution in [0.2, 0.25) is 0 Å². The quantitative estimate of drug-likeness (QED) is 0.101. The molecule has 0 bridgehead atoms. The van der Waals surface area contributed by atoms with Crippen LogP contribution in [0.4, 0.5) is 0 Å². The Hall–Kier alpha value is -9.33. The average molecular weight is 999 g/mol. The molecule has 0 aliphatic carbocycles. The highest BCUT2D eigenvalue weighted by molar-refractivity contribution is 7.22. The summed E-state index contributed by atoms with van der Waals surface area (Å²) >= 11 is 0. The second-order valence-corrected chi connectivity index (χ2v) is 27.8. The first-order valence-corrected chi connectivity index (χ1v) is 30.4. The van der Waals surface area contributed by atoms with Crippen LogP contribution in [0.25, 0.3) is 77.2 Å². The fourth-order valence-corrected chi connectivity index (χ4v) is 23.5. The normalized spacial score (nSPS) is 12.8. The number of benzene rings is 12. The highest BCUT2D eigenvalue weighted by Gasteiger charge is 2.49. The number of hydrogen-bond donors (Lipinski definition) is 0. The molecule has 2 nitrogen and oxygen atoms in total. The summed E-state index contributed by atoms with van der Waals surface area (Å²) < 4.78 is 5.06. The standard InChI is InChI=1S/C72H50N2Si2/c1-6-24-53(25-7-1)75(54-26-8-2-9-27-54,55-28-10-3-11-29-55)58-47-45-52(46-48-58)73-66-40-20-17-36-64(66)71-67(73)41-23-42-68(71)74-65-39-19-16-34-60(65)63-38-22-37-59(72(63)74)51-44-49-62-61-35-18-21-43-69(61)76(70(62)50-51,56-30-12-4-13-31-56)57-32-14-5-15-33-57/h1-50H. The third-order valence-electron chi connectivity index (χ3n) is 16.6. The summed E-state index contributed by atoms with van der Waals surface area (Å²) in [6.45, 7) is 0. The van der Waals surface area contributed by atoms with E-state index in [2.05, 4.69) is 312 Å². The molecule has 0 saturated heterocycles. The van der Waals surface area contributed by atoms with Crippen molar-refractivity contribution in [3.05, 3.63) is 303 Å². The van der Waals surface area contributed by atoms with Gasteiger partial charge in [-0.2, -0.15) is 0 Å². The number of nitrogens with zero attached hydrogens (tertiary/aromatic N) is 2. The monoisotopic (exact) mass is 998 g/mol. The Kier molecular flexibility index (Phi) is 10.3. The summed E-state index contributed by atoms with van der Waals surface area (Å²) in [5.74, 6) is 0. The third kappa shape index (κ3) is 6.38. The van der Waals surface area contributed by atoms with Crippen LogP contribution < -0.4 is 41.5 Å². The second kappa shape index (κ2) is 17.7. The maximum absolute atomic E-state index is 2.74. The summed E-state index contributed by atoms with van der Waals surface area (Å²) in [6.07, 6.45) is 0. The van der Waals surface area contributed by atoms with Gasteiger partial charge in [-0.3, -0.25) is 0 Å². The fraction of sp³-hybridized carbons (Fsp3) is 0. The van der Waals surface area contributed by atoms with Gasteiger partial charge in [0.2, 0.25) is 0 Å². The number of fused-ring (bicyclic) bond motifs is 9. The molecule has 2 aromatic heterocycles. The van der Waals surface area contributed by atoms with E-state index in [1.165, 1.54) is 107 Å². The molecule has 3 heterocycles. The van der Waals surface area contributed by atoms with Crippen molar-refractivity contribution < 1.29 is 0 Å². The first-order chi connectivity index (χ1) is 37.7. The number of aromatic nitrogens is 2. The molecule has 1 aliphatic heterocycles. The molecule has 356 valence electrons. The van der Waals surface area contributed by atoms with Crippen LogP contribution >= 0.6 is 0 Å². The summed E-state index contributed by atoms with van der Waals surface area (Å²) in [5, 5.41) is 16.1. The number of para-hydroxylation sites is 3. The van der Waals surface area contributed by atoms with Crippen molar-refractivity contribution in [3.63, 3.8) is 0 Å². The van der Waals surface area contributed by atoms with Gasteiger partial charge >= 0.3 is 0 Å². The fourth-order valence-electron chi connectivity index (χ4n) is 13.5. The SMILES string of the molecule is c1ccc([Si](c2ccccc2)(c2ccccc2)c2ccc(-n3c4ccccc4c4c(-n5c6ccccc6c6cccc(-c7ccc8c(c7)[Si](c7ccccc7)(c7ccccc7)c7ccccc7-8)c65)cccc43)cc2)cc1. The zero-order chi connectivity index (χ0) is 50.2. The average Bonchev–Trinajstić information content (AvgIpc) is 4.16. The van der Waals surface area contributed by atoms with Crippen LogP contribution in [0.1, 0.15) is 0 Å². The Labute approximate surface area is 444 Å². The molecular formula is C72H50N2Si2. The van der Waals surface area contributed by atoms with Crippen LogP contribution in [0.5, 0.6) is 0 Å². The van der Waals surface area contributed by atoms with Gasteiger partial charge in [-0.25, -0.2) is 0 Å². The van der Waals surface area contributed by atoms with Gasteiger partial charge in [0.1, 0.15) is 0 Å². The lowest BCUT2D eigenvalue weighted by Crippen LogP contribution is -2.74. The van der Waals surface area contributed by atoms with Crippen molar-refractivity contribution in [1.29, 1.82) is 0 Å². The highest BCUT2D eigenvalue weighted by Crippen LogP contribution is 2.43. The molecule has 12 aromatic carbocycles. The Morgan fingerprint density at radius 2 is 0.750 bits per heavy atom. The van der Waals surface area contributed by atoms with E-state index in [1.807, 2.05) is 0 Å². The van der Waals surface area contributed by atoms with Crippen molar-refractivity contribution in [3.8, 4) is 33.6 Å². The summed E-state index contributed by atoms with van der Waals surface area (Å²) in [6, 6.07) is 114. The van der Waals surface area contributed by atoms with Crippen LogP contribution in [-0.4, -0.2) is 25.3 Å². The van der Waals surface area contributed by atoms with E-state index < -0.39 is 16.1 Å². The minimum atomic E-state index is -2.74. The van der Waals surface area contributed by atoms with Gasteiger partial charge in [0.25, 0.3) is 0 Å². The Morgan fingerprint density at radius 1 is 0.289 bits per heavy atom. The molecule has 0 radical (unpaired) electrons. The largest absolute Gasteiger partial charge is 0.309 e. The molecule has 14 aromatic rings. The molecule has 0 saturated carbocycles. The summed E-state index contributed by atoms with van der Waals surface area (Å²) in [5.41, 5.74) is 12.2. The van der Waals surface area contributed by atoms with E-state index in [9.17, 15) is 0 Å². The van der Waals surface area contributed by atoms with Gasteiger partial charge < -0.3 is 9.13 Å². The van der Waals surface area contributed by atoms with Crippen molar-refractivity contribution in [2.45, 2.75) is 0 Å². The third-order valence-corrected chi connectivity index (χ3v) is 26.2. The Balaban J connectivity index is 0.953. The van der Waals surface area contributed by atoms with Crippen molar-refractivity contribution in [2.24, 2.45) is 0 Å². The molecule has 0 unspecified atom stereocenters. The molecule has 0 atom stereocenters. The second-order valence-electron chi connectivity index (χ2n) is 20.3. The molecule has 0 N–H and O–H groups in total. The molecule has 1 aliphatic rings. The maximum atomic E-state index is 2.57. The maximum Gasteiger partial charge on any atom is 0.180 e. The van der Waals surface area contributed by atoms with Crippen molar-refractivity contribution in [2.75, 3.05) is 0 Å². The molecule has 76 heavy (non-hydrogen) atoms. The molecule has 0 fully saturated rings. The van der Waals surface area contributed by atoms with Gasteiger partial charge in [-0.15, -0.1) is 0 Å². The predicted molar refractivity (Wildman–Crippen MR) is 327 cm³/mol. The van der Waals surface area contributed by atoms with E-state index in [0.29, 0.717) is 0 Å². The Morgan fingerprint density at radius 3 is 1.38 bits per heavy atom. The molecule has 4 heteroatoms. The first-order valence-electron chi connectivity index (χ1n) is 26.4.